The molecule has 0 spiro atoms. The molecular weight excluding hydrogens is 344 g/mol. The molecule has 0 radical (unpaired) electrons. The zero-order chi connectivity index (χ0) is 18.8. The van der Waals surface area contributed by atoms with Gasteiger partial charge in [0.05, 0.1) is 11.4 Å². The van der Waals surface area contributed by atoms with Crippen LogP contribution in [0.3, 0.4) is 0 Å². The molecule has 9 heteroatoms. The van der Waals surface area contributed by atoms with Gasteiger partial charge in [-0.05, 0) is 12.0 Å². The van der Waals surface area contributed by atoms with E-state index in [0.29, 0.717) is 0 Å². The minimum Gasteiger partial charge on any atom is -0.345 e. The fourth-order valence-electron chi connectivity index (χ4n) is 2.92. The van der Waals surface area contributed by atoms with Gasteiger partial charge in [0.15, 0.2) is 11.8 Å². The molecule has 2 N–H and O–H groups in total. The summed E-state index contributed by atoms with van der Waals surface area (Å²) in [6.07, 6.45) is -0.985. The highest BCUT2D eigenvalue weighted by Crippen LogP contribution is 2.29. The van der Waals surface area contributed by atoms with Crippen LogP contribution in [0, 0.1) is 0 Å². The van der Waals surface area contributed by atoms with E-state index in [2.05, 4.69) is 20.7 Å². The van der Waals surface area contributed by atoms with E-state index < -0.39 is 30.4 Å². The number of pyridine rings is 1. The SMILES string of the molecule is CC(C)c1ncccc1C1NCC(C(=O)Nc2cn(C)nc2C(F)F)O1. The van der Waals surface area contributed by atoms with Crippen LogP contribution in [-0.2, 0) is 16.6 Å². The second-order valence-electron chi connectivity index (χ2n) is 6.44. The van der Waals surface area contributed by atoms with Gasteiger partial charge in [-0.25, -0.2) is 8.78 Å². The number of hydrogen-bond donors (Lipinski definition) is 2. The summed E-state index contributed by atoms with van der Waals surface area (Å²) >= 11 is 0. The average molecular weight is 365 g/mol. The molecule has 0 aromatic carbocycles. The Balaban J connectivity index is 1.71. The Hall–Kier alpha value is -2.39. The number of alkyl halides is 2. The molecule has 1 aliphatic rings. The van der Waals surface area contributed by atoms with Gasteiger partial charge in [-0.3, -0.25) is 19.8 Å². The maximum Gasteiger partial charge on any atom is 0.284 e. The van der Waals surface area contributed by atoms with Crippen molar-refractivity contribution in [3.05, 3.63) is 41.5 Å². The highest BCUT2D eigenvalue weighted by molar-refractivity contribution is 5.95. The number of halogens is 2. The van der Waals surface area contributed by atoms with E-state index in [4.69, 9.17) is 4.74 Å². The van der Waals surface area contributed by atoms with E-state index in [9.17, 15) is 13.6 Å². The van der Waals surface area contributed by atoms with E-state index in [-0.39, 0.29) is 18.2 Å². The monoisotopic (exact) mass is 365 g/mol. The van der Waals surface area contributed by atoms with Crippen molar-refractivity contribution in [2.45, 2.75) is 38.5 Å². The van der Waals surface area contributed by atoms with Crippen LogP contribution in [0.5, 0.6) is 0 Å². The molecule has 7 nitrogen and oxygen atoms in total. The summed E-state index contributed by atoms with van der Waals surface area (Å²) in [5.74, 6) is -0.293. The number of carbonyl (C=O) groups excluding carboxylic acids is 1. The van der Waals surface area contributed by atoms with Gasteiger partial charge in [-0.15, -0.1) is 0 Å². The van der Waals surface area contributed by atoms with Crippen molar-refractivity contribution in [2.24, 2.45) is 7.05 Å². The molecule has 3 rings (SSSR count). The minimum absolute atomic E-state index is 0.0104. The van der Waals surface area contributed by atoms with Gasteiger partial charge in [0, 0.05) is 31.5 Å². The third kappa shape index (κ3) is 3.73. The van der Waals surface area contributed by atoms with E-state index >= 15 is 0 Å². The van der Waals surface area contributed by atoms with Crippen molar-refractivity contribution in [1.82, 2.24) is 20.1 Å². The van der Waals surface area contributed by atoms with Crippen LogP contribution < -0.4 is 10.6 Å². The Kier molecular flexibility index (Phi) is 5.28. The van der Waals surface area contributed by atoms with Crippen molar-refractivity contribution in [3.8, 4) is 0 Å². The molecule has 2 aromatic heterocycles. The summed E-state index contributed by atoms with van der Waals surface area (Å²) in [6.45, 7) is 4.33. The molecule has 1 amide bonds. The number of anilines is 1. The van der Waals surface area contributed by atoms with Gasteiger partial charge < -0.3 is 10.1 Å². The maximum atomic E-state index is 13.0. The lowest BCUT2D eigenvalue weighted by molar-refractivity contribution is -0.126. The summed E-state index contributed by atoms with van der Waals surface area (Å²) in [4.78, 5) is 16.8. The number of nitrogens with zero attached hydrogens (tertiary/aromatic N) is 3. The molecule has 1 fully saturated rings. The number of rotatable bonds is 5. The van der Waals surface area contributed by atoms with E-state index in [0.717, 1.165) is 11.3 Å². The first kappa shape index (κ1) is 18.4. The predicted molar refractivity (Wildman–Crippen MR) is 90.7 cm³/mol. The fraction of sp³-hybridized carbons (Fsp3) is 0.471. The number of nitrogens with one attached hydrogen (secondary N) is 2. The predicted octanol–water partition coefficient (Wildman–Crippen LogP) is 2.50. The summed E-state index contributed by atoms with van der Waals surface area (Å²) in [5.41, 5.74) is 1.28. The normalized spacial score (nSPS) is 20.1. The van der Waals surface area contributed by atoms with Crippen molar-refractivity contribution in [1.29, 1.82) is 0 Å². The second kappa shape index (κ2) is 7.46. The van der Waals surface area contributed by atoms with Crippen LogP contribution in [0.2, 0.25) is 0 Å². The summed E-state index contributed by atoms with van der Waals surface area (Å²) in [5, 5.41) is 9.29. The fourth-order valence-corrected chi connectivity index (χ4v) is 2.92. The van der Waals surface area contributed by atoms with Gasteiger partial charge in [0.2, 0.25) is 0 Å². The summed E-state index contributed by atoms with van der Waals surface area (Å²) in [7, 11) is 1.51. The average Bonchev–Trinajstić information content (AvgIpc) is 3.21. The van der Waals surface area contributed by atoms with Crippen molar-refractivity contribution < 1.29 is 18.3 Å². The quantitative estimate of drug-likeness (QED) is 0.851. The molecule has 2 aromatic rings. The highest BCUT2D eigenvalue weighted by Gasteiger charge is 2.33. The second-order valence-corrected chi connectivity index (χ2v) is 6.44. The molecule has 140 valence electrons. The molecule has 1 aliphatic heterocycles. The molecule has 3 heterocycles. The maximum absolute atomic E-state index is 13.0. The zero-order valence-electron chi connectivity index (χ0n) is 14.7. The largest absolute Gasteiger partial charge is 0.345 e. The Morgan fingerprint density at radius 3 is 2.88 bits per heavy atom. The number of aromatic nitrogens is 3. The van der Waals surface area contributed by atoms with Crippen molar-refractivity contribution in [2.75, 3.05) is 11.9 Å². The third-order valence-corrected chi connectivity index (χ3v) is 4.10. The number of amides is 1. The third-order valence-electron chi connectivity index (χ3n) is 4.10. The molecule has 0 bridgehead atoms. The molecule has 26 heavy (non-hydrogen) atoms. The highest BCUT2D eigenvalue weighted by atomic mass is 19.3. The van der Waals surface area contributed by atoms with Gasteiger partial charge in [-0.2, -0.15) is 5.10 Å². The molecule has 1 saturated heterocycles. The lowest BCUT2D eigenvalue weighted by Gasteiger charge is -2.17. The van der Waals surface area contributed by atoms with Crippen molar-refractivity contribution >= 4 is 11.6 Å². The number of carbonyl (C=O) groups is 1. The molecule has 2 atom stereocenters. The Bertz CT molecular complexity index is 793. The number of ether oxygens (including phenoxy) is 1. The van der Waals surface area contributed by atoms with E-state index in [1.165, 1.54) is 17.9 Å². The van der Waals surface area contributed by atoms with Gasteiger partial charge in [-0.1, -0.05) is 19.9 Å². The first-order chi connectivity index (χ1) is 12.4. The van der Waals surface area contributed by atoms with Crippen LogP contribution in [0.25, 0.3) is 0 Å². The molecule has 0 saturated carbocycles. The van der Waals surface area contributed by atoms with E-state index in [1.54, 1.807) is 6.20 Å². The topological polar surface area (TPSA) is 81.1 Å². The molecule has 2 unspecified atom stereocenters. The number of aryl methyl sites for hydroxylation is 1. The lowest BCUT2D eigenvalue weighted by Crippen LogP contribution is -2.30. The van der Waals surface area contributed by atoms with Gasteiger partial charge in [0.25, 0.3) is 12.3 Å². The van der Waals surface area contributed by atoms with E-state index in [1.807, 2.05) is 26.0 Å². The van der Waals surface area contributed by atoms with Gasteiger partial charge >= 0.3 is 0 Å². The van der Waals surface area contributed by atoms with Crippen LogP contribution in [0.1, 0.15) is 49.4 Å². The Morgan fingerprint density at radius 2 is 2.19 bits per heavy atom. The van der Waals surface area contributed by atoms with Gasteiger partial charge in [0.1, 0.15) is 6.23 Å². The smallest absolute Gasteiger partial charge is 0.284 e. The van der Waals surface area contributed by atoms with Crippen LogP contribution in [-0.4, -0.2) is 33.3 Å². The number of hydrogen-bond acceptors (Lipinski definition) is 5. The van der Waals surface area contributed by atoms with Crippen LogP contribution in [0.4, 0.5) is 14.5 Å². The lowest BCUT2D eigenvalue weighted by atomic mass is 10.0. The summed E-state index contributed by atoms with van der Waals surface area (Å²) in [6, 6.07) is 3.71. The minimum atomic E-state index is -2.77. The zero-order valence-corrected chi connectivity index (χ0v) is 14.7. The molecule has 0 aliphatic carbocycles. The van der Waals surface area contributed by atoms with Crippen molar-refractivity contribution in [3.63, 3.8) is 0 Å². The van der Waals surface area contributed by atoms with Crippen LogP contribution >= 0.6 is 0 Å². The van der Waals surface area contributed by atoms with Crippen LogP contribution in [0.15, 0.2) is 24.5 Å². The first-order valence-corrected chi connectivity index (χ1v) is 8.33. The molecular formula is C17H21F2N5O2. The Labute approximate surface area is 149 Å². The first-order valence-electron chi connectivity index (χ1n) is 8.33. The summed E-state index contributed by atoms with van der Waals surface area (Å²) < 4.78 is 33.0. The Morgan fingerprint density at radius 1 is 1.42 bits per heavy atom. The standard InChI is InChI=1S/C17H21F2N5O2/c1-9(2)13-10(5-4-6-20-13)17-21-7-12(26-17)16(25)22-11-8-24(3)23-14(11)15(18)19/h4-6,8-9,12,15,17,21H,7H2,1-3H3,(H,22,25).